The van der Waals surface area contributed by atoms with E-state index in [-0.39, 0.29) is 19.0 Å². The van der Waals surface area contributed by atoms with Crippen LogP contribution in [0.4, 0.5) is 0 Å². The van der Waals surface area contributed by atoms with E-state index in [0.717, 1.165) is 11.6 Å². The summed E-state index contributed by atoms with van der Waals surface area (Å²) in [5.41, 5.74) is 0.844. The van der Waals surface area contributed by atoms with E-state index in [1.807, 2.05) is 12.1 Å². The molecular formula is C15H17BrO5. The molecule has 0 spiro atoms. The molecule has 0 aromatic heterocycles. The highest BCUT2D eigenvalue weighted by atomic mass is 79.9. The lowest BCUT2D eigenvalue weighted by molar-refractivity contribution is -0.143. The van der Waals surface area contributed by atoms with Crippen molar-refractivity contribution < 1.29 is 23.8 Å². The molecule has 1 aromatic rings. The van der Waals surface area contributed by atoms with Gasteiger partial charge in [-0.05, 0) is 19.9 Å². The lowest BCUT2D eigenvalue weighted by atomic mass is 10.2. The molecule has 0 N–H and O–H groups in total. The molecule has 0 aliphatic carbocycles. The van der Waals surface area contributed by atoms with Crippen LogP contribution in [0.15, 0.2) is 36.1 Å². The number of ether oxygens (including phenoxy) is 3. The molecule has 0 amide bonds. The maximum atomic E-state index is 11.9. The highest BCUT2D eigenvalue weighted by Crippen LogP contribution is 2.23. The number of carbonyl (C=O) groups is 2. The monoisotopic (exact) mass is 356 g/mol. The number of hydrogen-bond donors (Lipinski definition) is 0. The number of rotatable bonds is 7. The topological polar surface area (TPSA) is 61.8 Å². The zero-order chi connectivity index (χ0) is 15.7. The average molecular weight is 357 g/mol. The van der Waals surface area contributed by atoms with E-state index in [4.69, 9.17) is 14.2 Å². The summed E-state index contributed by atoms with van der Waals surface area (Å²) in [4.78, 5) is 23.4. The summed E-state index contributed by atoms with van der Waals surface area (Å²) in [5, 5.41) is 0.554. The Bertz CT molecular complexity index is 525. The molecule has 0 heterocycles. The van der Waals surface area contributed by atoms with Gasteiger partial charge < -0.3 is 14.2 Å². The molecule has 0 aliphatic rings. The number of carbonyl (C=O) groups excluding carboxylic acids is 2. The summed E-state index contributed by atoms with van der Waals surface area (Å²) in [6.07, 6.45) is 0.993. The number of alkyl halides is 1. The molecule has 6 heteroatoms. The third kappa shape index (κ3) is 5.59. The minimum Gasteiger partial charge on any atom is -0.463 e. The number of esters is 2. The first-order chi connectivity index (χ1) is 10.1. The van der Waals surface area contributed by atoms with Crippen molar-refractivity contribution in [1.29, 1.82) is 0 Å². The number of halogens is 1. The van der Waals surface area contributed by atoms with Gasteiger partial charge in [0.2, 0.25) is 5.76 Å². The molecule has 21 heavy (non-hydrogen) atoms. The standard InChI is InChI=1S/C15H17BrO5/c1-3-19-14(17)9-13(15(18)20-4-2)21-12-8-6-5-7-11(12)10-16/h5-9H,3-4,10H2,1-2H3. The summed E-state index contributed by atoms with van der Waals surface area (Å²) in [5.74, 6) is -1.10. The van der Waals surface area contributed by atoms with Gasteiger partial charge in [0.05, 0.1) is 19.3 Å². The molecule has 0 saturated carbocycles. The minimum absolute atomic E-state index is 0.183. The predicted molar refractivity (Wildman–Crippen MR) is 81.1 cm³/mol. The maximum Gasteiger partial charge on any atom is 0.374 e. The predicted octanol–water partition coefficient (Wildman–Crippen LogP) is 2.97. The zero-order valence-electron chi connectivity index (χ0n) is 11.9. The van der Waals surface area contributed by atoms with E-state index in [0.29, 0.717) is 11.1 Å². The molecule has 1 aromatic carbocycles. The van der Waals surface area contributed by atoms with Crippen molar-refractivity contribution in [3.63, 3.8) is 0 Å². The van der Waals surface area contributed by atoms with Gasteiger partial charge in [-0.15, -0.1) is 0 Å². The molecule has 0 aliphatic heterocycles. The molecule has 0 bridgehead atoms. The summed E-state index contributed by atoms with van der Waals surface area (Å²) < 4.78 is 15.2. The lowest BCUT2D eigenvalue weighted by Gasteiger charge is -2.11. The van der Waals surface area contributed by atoms with E-state index >= 15 is 0 Å². The number of hydrogen-bond acceptors (Lipinski definition) is 5. The maximum absolute atomic E-state index is 11.9. The fourth-order valence-corrected chi connectivity index (χ4v) is 1.92. The van der Waals surface area contributed by atoms with Gasteiger partial charge in [-0.2, -0.15) is 0 Å². The number of benzene rings is 1. The Balaban J connectivity index is 3.01. The van der Waals surface area contributed by atoms with Crippen LogP contribution < -0.4 is 4.74 Å². The molecule has 0 saturated heterocycles. The van der Waals surface area contributed by atoms with Gasteiger partial charge in [-0.25, -0.2) is 9.59 Å². The summed E-state index contributed by atoms with van der Waals surface area (Å²) in [6, 6.07) is 7.17. The minimum atomic E-state index is -0.713. The molecule has 5 nitrogen and oxygen atoms in total. The zero-order valence-corrected chi connectivity index (χ0v) is 13.5. The Morgan fingerprint density at radius 3 is 2.43 bits per heavy atom. The Hall–Kier alpha value is -1.82. The van der Waals surface area contributed by atoms with E-state index in [9.17, 15) is 9.59 Å². The first-order valence-electron chi connectivity index (χ1n) is 6.49. The first-order valence-corrected chi connectivity index (χ1v) is 7.61. The summed E-state index contributed by atoms with van der Waals surface area (Å²) >= 11 is 3.33. The molecule has 0 fully saturated rings. The molecule has 0 radical (unpaired) electrons. The van der Waals surface area contributed by atoms with Crippen molar-refractivity contribution in [3.8, 4) is 5.75 Å². The molecular weight excluding hydrogens is 340 g/mol. The highest BCUT2D eigenvalue weighted by Gasteiger charge is 2.17. The van der Waals surface area contributed by atoms with Gasteiger partial charge in [0.1, 0.15) is 5.75 Å². The van der Waals surface area contributed by atoms with Crippen LogP contribution in [0.2, 0.25) is 0 Å². The van der Waals surface area contributed by atoms with Crippen LogP contribution in [-0.4, -0.2) is 25.2 Å². The average Bonchev–Trinajstić information content (AvgIpc) is 2.47. The normalized spacial score (nSPS) is 10.9. The van der Waals surface area contributed by atoms with Crippen molar-refractivity contribution in [3.05, 3.63) is 41.7 Å². The van der Waals surface area contributed by atoms with Crippen molar-refractivity contribution >= 4 is 27.9 Å². The largest absolute Gasteiger partial charge is 0.463 e. The third-order valence-electron chi connectivity index (χ3n) is 2.35. The Morgan fingerprint density at radius 2 is 1.81 bits per heavy atom. The third-order valence-corrected chi connectivity index (χ3v) is 2.95. The van der Waals surface area contributed by atoms with Crippen LogP contribution in [0.3, 0.4) is 0 Å². The van der Waals surface area contributed by atoms with Crippen LogP contribution in [0.25, 0.3) is 0 Å². The molecule has 0 atom stereocenters. The molecule has 0 unspecified atom stereocenters. The van der Waals surface area contributed by atoms with Crippen LogP contribution in [-0.2, 0) is 24.4 Å². The van der Waals surface area contributed by atoms with E-state index in [1.54, 1.807) is 26.0 Å². The van der Waals surface area contributed by atoms with Gasteiger partial charge in [0.25, 0.3) is 0 Å². The van der Waals surface area contributed by atoms with Crippen molar-refractivity contribution in [2.75, 3.05) is 13.2 Å². The second-order valence-corrected chi connectivity index (χ2v) is 4.39. The Kier molecular flexibility index (Phi) is 7.53. The van der Waals surface area contributed by atoms with E-state index in [2.05, 4.69) is 15.9 Å². The fraction of sp³-hybridized carbons (Fsp3) is 0.333. The Labute approximate surface area is 132 Å². The lowest BCUT2D eigenvalue weighted by Crippen LogP contribution is -2.16. The quantitative estimate of drug-likeness (QED) is 0.325. The van der Waals surface area contributed by atoms with Crippen LogP contribution >= 0.6 is 15.9 Å². The van der Waals surface area contributed by atoms with Gasteiger partial charge >= 0.3 is 11.9 Å². The number of para-hydroxylation sites is 1. The summed E-state index contributed by atoms with van der Waals surface area (Å²) in [7, 11) is 0. The van der Waals surface area contributed by atoms with Gasteiger partial charge in [-0.1, -0.05) is 34.1 Å². The van der Waals surface area contributed by atoms with Gasteiger partial charge in [0.15, 0.2) is 0 Å². The van der Waals surface area contributed by atoms with E-state index < -0.39 is 11.9 Å². The Morgan fingerprint density at radius 1 is 1.14 bits per heavy atom. The molecule has 1 rings (SSSR count). The second kappa shape index (κ2) is 9.18. The van der Waals surface area contributed by atoms with Crippen LogP contribution in [0.1, 0.15) is 19.4 Å². The van der Waals surface area contributed by atoms with Crippen molar-refractivity contribution in [1.82, 2.24) is 0 Å². The molecule has 114 valence electrons. The van der Waals surface area contributed by atoms with Crippen molar-refractivity contribution in [2.45, 2.75) is 19.2 Å². The summed E-state index contributed by atoms with van der Waals surface area (Å²) in [6.45, 7) is 3.75. The van der Waals surface area contributed by atoms with E-state index in [1.165, 1.54) is 0 Å². The smallest absolute Gasteiger partial charge is 0.374 e. The first kappa shape index (κ1) is 17.2. The van der Waals surface area contributed by atoms with Crippen molar-refractivity contribution in [2.24, 2.45) is 0 Å². The second-order valence-electron chi connectivity index (χ2n) is 3.82. The fourth-order valence-electron chi connectivity index (χ4n) is 1.46. The van der Waals surface area contributed by atoms with Crippen LogP contribution in [0.5, 0.6) is 5.75 Å². The SMILES string of the molecule is CCOC(=O)C=C(Oc1ccccc1CBr)C(=O)OCC. The van der Waals surface area contributed by atoms with Gasteiger partial charge in [-0.3, -0.25) is 0 Å². The highest BCUT2D eigenvalue weighted by molar-refractivity contribution is 9.08. The van der Waals surface area contributed by atoms with Crippen LogP contribution in [0, 0.1) is 0 Å². The van der Waals surface area contributed by atoms with Gasteiger partial charge in [0, 0.05) is 10.9 Å².